The molecule has 1 amide bonds. The highest BCUT2D eigenvalue weighted by atomic mass is 35.5. The number of para-hydroxylation sites is 1. The number of carbonyl (C=O) groups excluding carboxylic acids is 2. The van der Waals surface area contributed by atoms with Gasteiger partial charge in [-0.2, -0.15) is 0 Å². The van der Waals surface area contributed by atoms with Gasteiger partial charge >= 0.3 is 0 Å². The molecule has 1 aliphatic rings. The van der Waals surface area contributed by atoms with E-state index >= 15 is 0 Å². The highest BCUT2D eigenvalue weighted by molar-refractivity contribution is 6.30. The molecule has 1 atom stereocenters. The van der Waals surface area contributed by atoms with Crippen LogP contribution in [-0.4, -0.2) is 21.7 Å². The molecule has 1 N–H and O–H groups in total. The standard InChI is InChI=1S/C24H16ClNO5/c25-16-9-7-14(8-10-16)21-20(22(27)19-12-15-4-1-2-6-18(15)31-19)23(28)24(29)26(21)13-17-5-3-11-30-17/h1-12,21,28H,13H2/t21-/m1/s1. The molecular formula is C24H16ClNO5. The number of Topliss-reactive ketones (excluding diaryl/α,β-unsaturated/α-hetero) is 1. The molecule has 2 aromatic heterocycles. The van der Waals surface area contributed by atoms with Crippen molar-refractivity contribution < 1.29 is 23.5 Å². The number of hydrogen-bond acceptors (Lipinski definition) is 5. The van der Waals surface area contributed by atoms with Crippen LogP contribution in [-0.2, 0) is 11.3 Å². The molecule has 3 heterocycles. The first kappa shape index (κ1) is 19.2. The summed E-state index contributed by atoms with van der Waals surface area (Å²) in [6.07, 6.45) is 1.50. The quantitative estimate of drug-likeness (QED) is 0.422. The lowest BCUT2D eigenvalue weighted by Gasteiger charge is -2.25. The molecular weight excluding hydrogens is 418 g/mol. The number of furan rings is 2. The molecule has 0 aliphatic carbocycles. The van der Waals surface area contributed by atoms with Crippen molar-refractivity contribution in [2.45, 2.75) is 12.6 Å². The van der Waals surface area contributed by atoms with Crippen LogP contribution in [0.1, 0.15) is 27.9 Å². The normalized spacial score (nSPS) is 16.5. The van der Waals surface area contributed by atoms with Gasteiger partial charge in [-0.05, 0) is 42.0 Å². The van der Waals surface area contributed by atoms with Gasteiger partial charge in [-0.15, -0.1) is 0 Å². The maximum atomic E-state index is 13.4. The molecule has 1 aliphatic heterocycles. The van der Waals surface area contributed by atoms with E-state index in [2.05, 4.69) is 0 Å². The van der Waals surface area contributed by atoms with E-state index in [4.69, 9.17) is 20.4 Å². The fraction of sp³-hybridized carbons (Fsp3) is 0.0833. The van der Waals surface area contributed by atoms with E-state index in [9.17, 15) is 14.7 Å². The van der Waals surface area contributed by atoms with Gasteiger partial charge in [0.25, 0.3) is 5.91 Å². The lowest BCUT2D eigenvalue weighted by Crippen LogP contribution is -2.30. The van der Waals surface area contributed by atoms with Crippen LogP contribution in [0.3, 0.4) is 0 Å². The predicted octanol–water partition coefficient (Wildman–Crippen LogP) is 5.46. The van der Waals surface area contributed by atoms with E-state index in [-0.39, 0.29) is 17.9 Å². The molecule has 0 unspecified atom stereocenters. The van der Waals surface area contributed by atoms with Crippen molar-refractivity contribution in [3.63, 3.8) is 0 Å². The third kappa shape index (κ3) is 3.31. The average molecular weight is 434 g/mol. The first-order valence-electron chi connectivity index (χ1n) is 9.58. The number of rotatable bonds is 5. The second-order valence-corrected chi connectivity index (χ2v) is 7.64. The second kappa shape index (κ2) is 7.49. The first-order valence-corrected chi connectivity index (χ1v) is 9.96. The Morgan fingerprint density at radius 1 is 1.06 bits per heavy atom. The van der Waals surface area contributed by atoms with Gasteiger partial charge in [0, 0.05) is 10.4 Å². The minimum atomic E-state index is -0.824. The largest absolute Gasteiger partial charge is 0.503 e. The number of ketones is 1. The fourth-order valence-corrected chi connectivity index (χ4v) is 3.96. The summed E-state index contributed by atoms with van der Waals surface area (Å²) in [5.41, 5.74) is 1.14. The van der Waals surface area contributed by atoms with E-state index in [1.54, 1.807) is 54.6 Å². The lowest BCUT2D eigenvalue weighted by atomic mass is 9.95. The first-order chi connectivity index (χ1) is 15.0. The average Bonchev–Trinajstić information content (AvgIpc) is 3.49. The summed E-state index contributed by atoms with van der Waals surface area (Å²) in [5, 5.41) is 12.0. The molecule has 0 spiro atoms. The molecule has 6 nitrogen and oxygen atoms in total. The van der Waals surface area contributed by atoms with Gasteiger partial charge in [-0.3, -0.25) is 9.59 Å². The number of nitrogens with zero attached hydrogens (tertiary/aromatic N) is 1. The summed E-state index contributed by atoms with van der Waals surface area (Å²) >= 11 is 6.03. The zero-order valence-corrected chi connectivity index (χ0v) is 16.9. The highest BCUT2D eigenvalue weighted by Gasteiger charge is 2.44. The monoisotopic (exact) mass is 433 g/mol. The van der Waals surface area contributed by atoms with Crippen molar-refractivity contribution in [1.29, 1.82) is 0 Å². The van der Waals surface area contributed by atoms with Gasteiger partial charge in [0.1, 0.15) is 11.3 Å². The van der Waals surface area contributed by atoms with Crippen LogP contribution in [0.5, 0.6) is 0 Å². The Hall–Kier alpha value is -3.77. The highest BCUT2D eigenvalue weighted by Crippen LogP contribution is 2.40. The summed E-state index contributed by atoms with van der Waals surface area (Å²) in [6.45, 7) is 0.0834. The van der Waals surface area contributed by atoms with E-state index < -0.39 is 23.5 Å². The lowest BCUT2D eigenvalue weighted by molar-refractivity contribution is -0.130. The number of amides is 1. The molecule has 154 valence electrons. The van der Waals surface area contributed by atoms with Crippen molar-refractivity contribution >= 4 is 34.3 Å². The van der Waals surface area contributed by atoms with Gasteiger partial charge in [0.05, 0.1) is 24.4 Å². The van der Waals surface area contributed by atoms with Gasteiger partial charge in [0.2, 0.25) is 5.78 Å². The second-order valence-electron chi connectivity index (χ2n) is 7.21. The predicted molar refractivity (Wildman–Crippen MR) is 114 cm³/mol. The molecule has 2 aromatic carbocycles. The van der Waals surface area contributed by atoms with Crippen LogP contribution in [0.25, 0.3) is 11.0 Å². The molecule has 0 saturated heterocycles. The Morgan fingerprint density at radius 3 is 2.55 bits per heavy atom. The summed E-state index contributed by atoms with van der Waals surface area (Å²) in [5.74, 6) is -1.23. The number of aliphatic hydroxyl groups excluding tert-OH is 1. The van der Waals surface area contributed by atoms with Gasteiger partial charge in [0.15, 0.2) is 11.5 Å². The summed E-state index contributed by atoms with van der Waals surface area (Å²) in [7, 11) is 0. The Balaban J connectivity index is 1.61. The fourth-order valence-electron chi connectivity index (χ4n) is 3.84. The molecule has 4 aromatic rings. The van der Waals surface area contributed by atoms with Crippen LogP contribution >= 0.6 is 11.6 Å². The Kier molecular flexibility index (Phi) is 4.64. The zero-order chi connectivity index (χ0) is 21.5. The maximum absolute atomic E-state index is 13.4. The zero-order valence-electron chi connectivity index (χ0n) is 16.1. The number of hydrogen-bond donors (Lipinski definition) is 1. The Bertz CT molecular complexity index is 1280. The number of halogens is 1. The number of fused-ring (bicyclic) bond motifs is 1. The van der Waals surface area contributed by atoms with E-state index in [1.165, 1.54) is 11.2 Å². The molecule has 31 heavy (non-hydrogen) atoms. The Morgan fingerprint density at radius 2 is 1.84 bits per heavy atom. The topological polar surface area (TPSA) is 83.9 Å². The molecule has 0 radical (unpaired) electrons. The third-order valence-corrected chi connectivity index (χ3v) is 5.54. The number of carbonyl (C=O) groups is 2. The summed E-state index contributed by atoms with van der Waals surface area (Å²) in [4.78, 5) is 27.8. The van der Waals surface area contributed by atoms with E-state index in [0.29, 0.717) is 21.9 Å². The van der Waals surface area contributed by atoms with Crippen molar-refractivity contribution in [1.82, 2.24) is 4.90 Å². The molecule has 0 bridgehead atoms. The van der Waals surface area contributed by atoms with E-state index in [1.807, 2.05) is 12.1 Å². The minimum Gasteiger partial charge on any atom is -0.503 e. The minimum absolute atomic E-state index is 0.0436. The molecule has 5 rings (SSSR count). The van der Waals surface area contributed by atoms with Gasteiger partial charge in [-0.25, -0.2) is 0 Å². The number of benzene rings is 2. The molecule has 0 fully saturated rings. The van der Waals surface area contributed by atoms with E-state index in [0.717, 1.165) is 5.39 Å². The van der Waals surface area contributed by atoms with Gasteiger partial charge < -0.3 is 18.8 Å². The molecule has 7 heteroatoms. The number of aliphatic hydroxyl groups is 1. The van der Waals surface area contributed by atoms with Crippen molar-refractivity contribution in [3.05, 3.63) is 106 Å². The SMILES string of the molecule is O=C(C1=C(O)C(=O)N(Cc2ccco2)[C@@H]1c1ccc(Cl)cc1)c1cc2ccccc2o1. The smallest absolute Gasteiger partial charge is 0.290 e. The summed E-state index contributed by atoms with van der Waals surface area (Å²) < 4.78 is 11.1. The van der Waals surface area contributed by atoms with Crippen LogP contribution < -0.4 is 0 Å². The van der Waals surface area contributed by atoms with Crippen LogP contribution in [0, 0.1) is 0 Å². The summed E-state index contributed by atoms with van der Waals surface area (Å²) in [6, 6.07) is 18.2. The van der Waals surface area contributed by atoms with Gasteiger partial charge in [-0.1, -0.05) is 41.9 Å². The van der Waals surface area contributed by atoms with Crippen LogP contribution in [0.2, 0.25) is 5.02 Å². The van der Waals surface area contributed by atoms with Crippen LogP contribution in [0.15, 0.2) is 93.2 Å². The van der Waals surface area contributed by atoms with Crippen molar-refractivity contribution in [3.8, 4) is 0 Å². The van der Waals surface area contributed by atoms with Crippen molar-refractivity contribution in [2.24, 2.45) is 0 Å². The Labute approximate surface area is 181 Å². The van der Waals surface area contributed by atoms with Crippen molar-refractivity contribution in [2.75, 3.05) is 0 Å². The maximum Gasteiger partial charge on any atom is 0.290 e. The van der Waals surface area contributed by atoms with Crippen LogP contribution in [0.4, 0.5) is 0 Å². The third-order valence-electron chi connectivity index (χ3n) is 5.29. The molecule has 0 saturated carbocycles.